The average Bonchev–Trinajstić information content (AvgIpc) is 1.89. The molecule has 0 amide bonds. The third kappa shape index (κ3) is 31.1. The summed E-state index contributed by atoms with van der Waals surface area (Å²) >= 11 is 0. The molecule has 0 radical (unpaired) electrons. The van der Waals surface area contributed by atoms with Gasteiger partial charge in [0.25, 0.3) is 0 Å². The quantitative estimate of drug-likeness (QED) is 0.115. The summed E-state index contributed by atoms with van der Waals surface area (Å²) < 4.78 is 0. The predicted molar refractivity (Wildman–Crippen MR) is 40.6 cm³/mol. The van der Waals surface area contributed by atoms with Crippen molar-refractivity contribution in [1.82, 2.24) is 0 Å². The van der Waals surface area contributed by atoms with Crippen LogP contribution in [0.3, 0.4) is 0 Å². The van der Waals surface area contributed by atoms with Gasteiger partial charge < -0.3 is 22.5 Å². The fourth-order valence-corrected chi connectivity index (χ4v) is 0. The van der Waals surface area contributed by atoms with Crippen molar-refractivity contribution in [2.24, 2.45) is 27.6 Å². The zero-order valence-corrected chi connectivity index (χ0v) is 6.07. The van der Waals surface area contributed by atoms with Crippen LogP contribution in [-0.2, 0) is 0 Å². The van der Waals surface area contributed by atoms with Crippen LogP contribution in [0, 0.1) is 0 Å². The number of nitrogens with two attached hydrogens (primary N) is 3. The van der Waals surface area contributed by atoms with Crippen LogP contribution in [0.25, 0.3) is 0 Å². The van der Waals surface area contributed by atoms with Crippen LogP contribution >= 0.6 is 0 Å². The van der Waals surface area contributed by atoms with Gasteiger partial charge in [-0.3, -0.25) is 0 Å². The van der Waals surface area contributed by atoms with Crippen LogP contribution in [0.2, 0.25) is 0 Å². The Balaban J connectivity index is 0. The molecular weight excluding hydrogens is 134 g/mol. The Kier molecular flexibility index (Phi) is 8.56. The standard InChI is InChI=1S/C2H7N3.C2H6N2O/c1-2(3)5-4;1-2(3)4-5/h4H2,1H3,(H2,3,5);5H,1H3,(H2,3,4). The second-order valence-electron chi connectivity index (χ2n) is 1.51. The SMILES string of the molecule is C/C(N)=N\O.CC(N)=NN. The van der Waals surface area contributed by atoms with E-state index < -0.39 is 0 Å². The van der Waals surface area contributed by atoms with E-state index >= 15 is 0 Å². The van der Waals surface area contributed by atoms with Gasteiger partial charge >= 0.3 is 0 Å². The van der Waals surface area contributed by atoms with Gasteiger partial charge in [0.2, 0.25) is 0 Å². The van der Waals surface area contributed by atoms with Crippen LogP contribution in [-0.4, -0.2) is 16.9 Å². The molecular formula is C4H13N5O. The number of rotatable bonds is 0. The molecule has 0 rings (SSSR count). The third-order valence-corrected chi connectivity index (χ3v) is 0.361. The third-order valence-electron chi connectivity index (χ3n) is 0.361. The molecule has 0 saturated heterocycles. The van der Waals surface area contributed by atoms with Gasteiger partial charge in [-0.15, -0.1) is 0 Å². The van der Waals surface area contributed by atoms with Crippen molar-refractivity contribution < 1.29 is 5.21 Å². The van der Waals surface area contributed by atoms with E-state index in [9.17, 15) is 0 Å². The second-order valence-corrected chi connectivity index (χ2v) is 1.51. The topological polar surface area (TPSA) is 123 Å². The molecule has 0 fully saturated rings. The minimum atomic E-state index is 0.185. The van der Waals surface area contributed by atoms with E-state index in [0.717, 1.165) is 0 Å². The van der Waals surface area contributed by atoms with Crippen LogP contribution in [0.4, 0.5) is 0 Å². The Morgan fingerprint density at radius 3 is 1.40 bits per heavy atom. The van der Waals surface area contributed by atoms with Crippen molar-refractivity contribution >= 4 is 11.7 Å². The van der Waals surface area contributed by atoms with Crippen molar-refractivity contribution in [2.45, 2.75) is 13.8 Å². The van der Waals surface area contributed by atoms with Gasteiger partial charge in [0.05, 0.1) is 0 Å². The number of hydrogen-bond donors (Lipinski definition) is 4. The van der Waals surface area contributed by atoms with Crippen LogP contribution in [0.15, 0.2) is 10.3 Å². The van der Waals surface area contributed by atoms with Crippen LogP contribution < -0.4 is 17.3 Å². The lowest BCUT2D eigenvalue weighted by Crippen LogP contribution is -2.07. The number of nitrogens with zero attached hydrogens (tertiary/aromatic N) is 2. The summed E-state index contributed by atoms with van der Waals surface area (Å²) in [4.78, 5) is 0. The molecule has 0 bridgehead atoms. The number of hydrazone groups is 1. The molecule has 0 aliphatic heterocycles. The first-order valence-electron chi connectivity index (χ1n) is 2.48. The normalized spacial score (nSPS) is 11.8. The summed E-state index contributed by atoms with van der Waals surface area (Å²) in [5, 5.41) is 13.3. The summed E-state index contributed by atoms with van der Waals surface area (Å²) in [5.41, 5.74) is 9.71. The van der Waals surface area contributed by atoms with Crippen molar-refractivity contribution in [3.8, 4) is 0 Å². The first-order chi connectivity index (χ1) is 4.54. The Bertz CT molecular complexity index is 106. The van der Waals surface area contributed by atoms with Crippen LogP contribution in [0.5, 0.6) is 0 Å². The fraction of sp³-hybridized carbons (Fsp3) is 0.500. The number of hydrogen-bond acceptors (Lipinski definition) is 4. The zero-order valence-electron chi connectivity index (χ0n) is 6.07. The number of amidine groups is 2. The molecule has 0 spiro atoms. The largest absolute Gasteiger partial charge is 0.409 e. The molecule has 0 aromatic heterocycles. The van der Waals surface area contributed by atoms with E-state index in [0.29, 0.717) is 5.84 Å². The predicted octanol–water partition coefficient (Wildman–Crippen LogP) is -1.01. The fourth-order valence-electron chi connectivity index (χ4n) is 0. The van der Waals surface area contributed by atoms with Crippen molar-refractivity contribution in [1.29, 1.82) is 0 Å². The first-order valence-corrected chi connectivity index (χ1v) is 2.48. The maximum absolute atomic E-state index is 7.61. The lowest BCUT2D eigenvalue weighted by Gasteiger charge is -1.75. The Morgan fingerprint density at radius 2 is 1.40 bits per heavy atom. The lowest BCUT2D eigenvalue weighted by molar-refractivity contribution is 0.318. The summed E-state index contributed by atoms with van der Waals surface area (Å²) in [6, 6.07) is 0. The molecule has 6 nitrogen and oxygen atoms in total. The number of oxime groups is 1. The van der Waals surface area contributed by atoms with Gasteiger partial charge in [-0.2, -0.15) is 5.10 Å². The molecule has 0 aromatic rings. The highest BCUT2D eigenvalue weighted by atomic mass is 16.4. The van der Waals surface area contributed by atoms with Gasteiger partial charge in [-0.25, -0.2) is 0 Å². The molecule has 10 heavy (non-hydrogen) atoms. The van der Waals surface area contributed by atoms with Gasteiger partial charge in [0.15, 0.2) is 0 Å². The van der Waals surface area contributed by atoms with Crippen molar-refractivity contribution in [3.05, 3.63) is 0 Å². The molecule has 6 heteroatoms. The molecule has 0 atom stereocenters. The summed E-state index contributed by atoms with van der Waals surface area (Å²) in [7, 11) is 0. The van der Waals surface area contributed by atoms with Crippen molar-refractivity contribution in [3.63, 3.8) is 0 Å². The highest BCUT2D eigenvalue weighted by Crippen LogP contribution is 1.51. The molecule has 0 unspecified atom stereocenters. The molecule has 0 heterocycles. The second kappa shape index (κ2) is 7.54. The van der Waals surface area contributed by atoms with E-state index in [-0.39, 0.29) is 5.84 Å². The van der Waals surface area contributed by atoms with E-state index in [2.05, 4.69) is 16.1 Å². The Labute approximate surface area is 59.4 Å². The van der Waals surface area contributed by atoms with Crippen molar-refractivity contribution in [2.75, 3.05) is 0 Å². The molecule has 60 valence electrons. The van der Waals surface area contributed by atoms with E-state index in [1.807, 2.05) is 0 Å². The minimum absolute atomic E-state index is 0.185. The van der Waals surface area contributed by atoms with Gasteiger partial charge in [-0.1, -0.05) is 5.16 Å². The summed E-state index contributed by atoms with van der Waals surface area (Å²) in [6.45, 7) is 3.12. The molecule has 0 aliphatic carbocycles. The highest BCUT2D eigenvalue weighted by Gasteiger charge is 1.64. The average molecular weight is 147 g/mol. The van der Waals surface area contributed by atoms with E-state index in [1.54, 1.807) is 6.92 Å². The first kappa shape index (κ1) is 11.4. The Hall–Kier alpha value is -1.46. The van der Waals surface area contributed by atoms with E-state index in [1.165, 1.54) is 6.92 Å². The monoisotopic (exact) mass is 147 g/mol. The molecule has 0 aliphatic rings. The van der Waals surface area contributed by atoms with Gasteiger partial charge in [-0.05, 0) is 13.8 Å². The lowest BCUT2D eigenvalue weighted by atomic mass is 10.7. The molecule has 0 aromatic carbocycles. The molecule has 0 saturated carbocycles. The maximum atomic E-state index is 7.61. The van der Waals surface area contributed by atoms with Gasteiger partial charge in [0, 0.05) is 0 Å². The smallest absolute Gasteiger partial charge is 0.135 e. The van der Waals surface area contributed by atoms with Gasteiger partial charge in [0.1, 0.15) is 11.7 Å². The van der Waals surface area contributed by atoms with E-state index in [4.69, 9.17) is 16.7 Å². The maximum Gasteiger partial charge on any atom is 0.135 e. The highest BCUT2D eigenvalue weighted by molar-refractivity contribution is 5.77. The summed E-state index contributed by atoms with van der Waals surface area (Å²) in [5.74, 6) is 5.23. The van der Waals surface area contributed by atoms with Crippen LogP contribution in [0.1, 0.15) is 13.8 Å². The Morgan fingerprint density at radius 1 is 1.20 bits per heavy atom. The molecule has 7 N–H and O–H groups in total. The zero-order chi connectivity index (χ0) is 8.57. The minimum Gasteiger partial charge on any atom is -0.409 e. The summed E-state index contributed by atoms with van der Waals surface area (Å²) in [6.07, 6.45) is 0.